The number of thiophene rings is 1. The summed E-state index contributed by atoms with van der Waals surface area (Å²) in [6.45, 7) is 0.703. The van der Waals surface area contributed by atoms with Crippen LogP contribution in [0.2, 0.25) is 0 Å². The standard InChI is InChI=1S/C19H21N3O2S2/c1-25-15-6-4-13(5-7-15)20-19(24)22-11-12-9-14(22)10-16(12)21-18(23)17-3-2-8-26-17/h2-8,12,14,16H,9-11H2,1H3,(H,20,24)(H,21,23)/t12-,14-,16-/m0/s1. The predicted octanol–water partition coefficient (Wildman–Crippen LogP) is 3.89. The molecular formula is C19H21N3O2S2. The molecule has 1 aliphatic carbocycles. The summed E-state index contributed by atoms with van der Waals surface area (Å²) in [6, 6.07) is 11.9. The zero-order valence-corrected chi connectivity index (χ0v) is 16.1. The third kappa shape index (κ3) is 3.46. The molecule has 5 nitrogen and oxygen atoms in total. The van der Waals surface area contributed by atoms with E-state index in [1.807, 2.05) is 52.9 Å². The number of thioether (sulfide) groups is 1. The van der Waals surface area contributed by atoms with E-state index in [2.05, 4.69) is 10.6 Å². The highest BCUT2D eigenvalue weighted by atomic mass is 32.2. The lowest BCUT2D eigenvalue weighted by atomic mass is 10.0. The highest BCUT2D eigenvalue weighted by Crippen LogP contribution is 2.38. The van der Waals surface area contributed by atoms with Crippen molar-refractivity contribution in [1.29, 1.82) is 0 Å². The topological polar surface area (TPSA) is 61.4 Å². The van der Waals surface area contributed by atoms with Crippen molar-refractivity contribution in [2.75, 3.05) is 18.1 Å². The van der Waals surface area contributed by atoms with Crippen molar-refractivity contribution >= 4 is 40.7 Å². The Morgan fingerprint density at radius 2 is 2.00 bits per heavy atom. The average molecular weight is 388 g/mol. The maximum absolute atomic E-state index is 12.6. The van der Waals surface area contributed by atoms with E-state index in [1.165, 1.54) is 16.2 Å². The molecule has 1 aromatic heterocycles. The van der Waals surface area contributed by atoms with E-state index < -0.39 is 0 Å². The van der Waals surface area contributed by atoms with Crippen molar-refractivity contribution in [3.63, 3.8) is 0 Å². The molecule has 2 bridgehead atoms. The fourth-order valence-corrected chi connectivity index (χ4v) is 4.93. The van der Waals surface area contributed by atoms with E-state index in [1.54, 1.807) is 11.8 Å². The first kappa shape index (κ1) is 17.4. The summed E-state index contributed by atoms with van der Waals surface area (Å²) in [5, 5.41) is 8.05. The van der Waals surface area contributed by atoms with E-state index in [0.29, 0.717) is 12.5 Å². The lowest BCUT2D eigenvalue weighted by molar-refractivity contribution is 0.0919. The number of hydrogen-bond acceptors (Lipinski definition) is 4. The molecule has 3 amide bonds. The van der Waals surface area contributed by atoms with Gasteiger partial charge in [0.2, 0.25) is 0 Å². The van der Waals surface area contributed by atoms with Crippen LogP contribution < -0.4 is 10.6 Å². The van der Waals surface area contributed by atoms with Crippen LogP contribution in [-0.4, -0.2) is 41.7 Å². The number of urea groups is 1. The van der Waals surface area contributed by atoms with Gasteiger partial charge in [-0.2, -0.15) is 0 Å². The molecule has 1 aromatic carbocycles. The van der Waals surface area contributed by atoms with E-state index in [4.69, 9.17) is 0 Å². The molecule has 2 aromatic rings. The summed E-state index contributed by atoms with van der Waals surface area (Å²) < 4.78 is 0. The number of rotatable bonds is 4. The molecule has 1 saturated heterocycles. The Bertz CT molecular complexity index is 792. The van der Waals surface area contributed by atoms with Crippen molar-refractivity contribution < 1.29 is 9.59 Å². The van der Waals surface area contributed by atoms with Crippen molar-refractivity contribution in [1.82, 2.24) is 10.2 Å². The number of piperidine rings is 1. The quantitative estimate of drug-likeness (QED) is 0.783. The second-order valence-electron chi connectivity index (χ2n) is 6.75. The van der Waals surface area contributed by atoms with Gasteiger partial charge in [-0.15, -0.1) is 23.1 Å². The number of nitrogens with zero attached hydrogens (tertiary/aromatic N) is 1. The number of nitrogens with one attached hydrogen (secondary N) is 2. The third-order valence-corrected chi connectivity index (χ3v) is 6.82. The molecule has 1 saturated carbocycles. The van der Waals surface area contributed by atoms with Gasteiger partial charge in [0.25, 0.3) is 5.91 Å². The minimum absolute atomic E-state index is 0.00225. The summed E-state index contributed by atoms with van der Waals surface area (Å²) in [7, 11) is 0. The molecule has 2 aliphatic rings. The minimum atomic E-state index is -0.0440. The number of amides is 3. The number of hydrogen-bond donors (Lipinski definition) is 2. The van der Waals surface area contributed by atoms with Crippen molar-refractivity contribution in [3.8, 4) is 0 Å². The van der Waals surface area contributed by atoms with E-state index in [9.17, 15) is 9.59 Å². The van der Waals surface area contributed by atoms with Gasteiger partial charge in [-0.3, -0.25) is 4.79 Å². The van der Waals surface area contributed by atoms with Crippen molar-refractivity contribution in [3.05, 3.63) is 46.7 Å². The second-order valence-corrected chi connectivity index (χ2v) is 8.58. The zero-order chi connectivity index (χ0) is 18.1. The molecular weight excluding hydrogens is 366 g/mol. The van der Waals surface area contributed by atoms with Gasteiger partial charge in [0.15, 0.2) is 0 Å². The normalized spacial score (nSPS) is 23.9. The molecule has 0 radical (unpaired) electrons. The van der Waals surface area contributed by atoms with Gasteiger partial charge >= 0.3 is 6.03 Å². The molecule has 2 fully saturated rings. The first-order valence-corrected chi connectivity index (χ1v) is 10.8. The maximum atomic E-state index is 12.6. The summed E-state index contributed by atoms with van der Waals surface area (Å²) >= 11 is 3.13. The molecule has 26 heavy (non-hydrogen) atoms. The number of anilines is 1. The predicted molar refractivity (Wildman–Crippen MR) is 106 cm³/mol. The van der Waals surface area contributed by atoms with E-state index in [0.717, 1.165) is 23.4 Å². The molecule has 2 heterocycles. The monoisotopic (exact) mass is 387 g/mol. The summed E-state index contributed by atoms with van der Waals surface area (Å²) in [6.07, 6.45) is 3.83. The van der Waals surface area contributed by atoms with Gasteiger partial charge in [0.05, 0.1) is 4.88 Å². The first-order valence-electron chi connectivity index (χ1n) is 8.70. The van der Waals surface area contributed by atoms with Gasteiger partial charge in [0, 0.05) is 29.2 Å². The van der Waals surface area contributed by atoms with Crippen LogP contribution in [0.15, 0.2) is 46.7 Å². The fraction of sp³-hybridized carbons (Fsp3) is 0.368. The SMILES string of the molecule is CSc1ccc(NC(=O)N2C[C@@H]3C[C@H]2C[C@@H]3NC(=O)c2cccs2)cc1. The zero-order valence-electron chi connectivity index (χ0n) is 14.5. The Morgan fingerprint density at radius 1 is 1.19 bits per heavy atom. The van der Waals surface area contributed by atoms with Gasteiger partial charge in [-0.1, -0.05) is 6.07 Å². The molecule has 0 unspecified atom stereocenters. The van der Waals surface area contributed by atoms with Crippen LogP contribution in [-0.2, 0) is 0 Å². The Balaban J connectivity index is 1.32. The van der Waals surface area contributed by atoms with Crippen molar-refractivity contribution in [2.24, 2.45) is 5.92 Å². The molecule has 4 rings (SSSR count). The second kappa shape index (κ2) is 7.32. The first-order chi connectivity index (χ1) is 12.6. The van der Waals surface area contributed by atoms with Crippen LogP contribution in [0.25, 0.3) is 0 Å². The van der Waals surface area contributed by atoms with Gasteiger partial charge in [0.1, 0.15) is 0 Å². The number of carbonyl (C=O) groups excluding carboxylic acids is 2. The van der Waals surface area contributed by atoms with Crippen LogP contribution >= 0.6 is 23.1 Å². The third-order valence-electron chi connectivity index (χ3n) is 5.21. The largest absolute Gasteiger partial charge is 0.348 e. The van der Waals surface area contributed by atoms with Gasteiger partial charge in [-0.05, 0) is 60.7 Å². The number of likely N-dealkylation sites (tertiary alicyclic amines) is 1. The number of benzene rings is 1. The van der Waals surface area contributed by atoms with Crippen LogP contribution in [0, 0.1) is 5.92 Å². The minimum Gasteiger partial charge on any atom is -0.348 e. The fourth-order valence-electron chi connectivity index (χ4n) is 3.90. The number of fused-ring (bicyclic) bond motifs is 2. The Kier molecular flexibility index (Phi) is 4.91. The molecule has 3 atom stereocenters. The molecule has 136 valence electrons. The Morgan fingerprint density at radius 3 is 2.62 bits per heavy atom. The summed E-state index contributed by atoms with van der Waals surface area (Å²) in [4.78, 5) is 28.7. The average Bonchev–Trinajstić information content (AvgIpc) is 3.39. The maximum Gasteiger partial charge on any atom is 0.322 e. The molecule has 2 N–H and O–H groups in total. The van der Waals surface area contributed by atoms with Gasteiger partial charge in [-0.25, -0.2) is 4.79 Å². The van der Waals surface area contributed by atoms with Gasteiger partial charge < -0.3 is 15.5 Å². The molecule has 7 heteroatoms. The molecule has 1 aliphatic heterocycles. The van der Waals surface area contributed by atoms with Crippen molar-refractivity contribution in [2.45, 2.75) is 29.8 Å². The smallest absolute Gasteiger partial charge is 0.322 e. The summed E-state index contributed by atoms with van der Waals surface area (Å²) in [5.74, 6) is 0.343. The Labute approximate surface area is 161 Å². The molecule has 0 spiro atoms. The lowest BCUT2D eigenvalue weighted by Gasteiger charge is -2.32. The van der Waals surface area contributed by atoms with Crippen LogP contribution in [0.1, 0.15) is 22.5 Å². The highest BCUT2D eigenvalue weighted by molar-refractivity contribution is 7.98. The van der Waals surface area contributed by atoms with Crippen LogP contribution in [0.4, 0.5) is 10.5 Å². The number of carbonyl (C=O) groups is 2. The summed E-state index contributed by atoms with van der Waals surface area (Å²) in [5.41, 5.74) is 0.818. The van der Waals surface area contributed by atoms with E-state index in [-0.39, 0.29) is 24.0 Å². The van der Waals surface area contributed by atoms with E-state index >= 15 is 0 Å². The van der Waals surface area contributed by atoms with Crippen LogP contribution in [0.3, 0.4) is 0 Å². The Hall–Kier alpha value is -1.99. The lowest BCUT2D eigenvalue weighted by Crippen LogP contribution is -2.48. The van der Waals surface area contributed by atoms with Crippen LogP contribution in [0.5, 0.6) is 0 Å². The highest BCUT2D eigenvalue weighted by Gasteiger charge is 2.47.